The number of nitrogens with one attached hydrogen (secondary N) is 2. The molecule has 1 aromatic heterocycles. The summed E-state index contributed by atoms with van der Waals surface area (Å²) < 4.78 is 0. The van der Waals surface area contributed by atoms with Crippen molar-refractivity contribution < 1.29 is 14.7 Å². The first-order chi connectivity index (χ1) is 9.08. The molecule has 2 rings (SSSR count). The molecule has 3 N–H and O–H groups in total. The van der Waals surface area contributed by atoms with E-state index in [9.17, 15) is 9.59 Å². The van der Waals surface area contributed by atoms with Crippen molar-refractivity contribution in [3.63, 3.8) is 0 Å². The number of hydrogen-bond acceptors (Lipinski definition) is 3. The number of carboxylic acids is 1. The van der Waals surface area contributed by atoms with Crippen LogP contribution < -0.4 is 5.32 Å². The second kappa shape index (κ2) is 5.86. The molecule has 0 saturated heterocycles. The van der Waals surface area contributed by atoms with Gasteiger partial charge in [0.15, 0.2) is 0 Å². The van der Waals surface area contributed by atoms with E-state index < -0.39 is 5.97 Å². The molecule has 0 unspecified atom stereocenters. The minimum Gasteiger partial charge on any atom is -0.481 e. The number of carboxylic acid groups (broad SMARTS) is 1. The lowest BCUT2D eigenvalue weighted by Crippen LogP contribution is -2.34. The van der Waals surface area contributed by atoms with Crippen LogP contribution in [-0.4, -0.2) is 27.2 Å². The van der Waals surface area contributed by atoms with E-state index in [0.29, 0.717) is 32.2 Å². The smallest absolute Gasteiger partial charge is 0.306 e. The number of aliphatic carboxylic acids is 1. The van der Waals surface area contributed by atoms with Crippen LogP contribution in [0.3, 0.4) is 0 Å². The summed E-state index contributed by atoms with van der Waals surface area (Å²) in [6.07, 6.45) is 4.22. The normalized spacial score (nSPS) is 23.0. The fourth-order valence-corrected chi connectivity index (χ4v) is 2.48. The van der Waals surface area contributed by atoms with Crippen LogP contribution in [0.25, 0.3) is 0 Å². The van der Waals surface area contributed by atoms with E-state index >= 15 is 0 Å². The molecule has 0 spiro atoms. The second-order valence-corrected chi connectivity index (χ2v) is 5.12. The fourth-order valence-electron chi connectivity index (χ4n) is 2.48. The van der Waals surface area contributed by atoms with E-state index in [2.05, 4.69) is 15.5 Å². The van der Waals surface area contributed by atoms with E-state index in [4.69, 9.17) is 5.11 Å². The third-order valence-electron chi connectivity index (χ3n) is 3.83. The number of aryl methyl sites for hydroxylation is 1. The van der Waals surface area contributed by atoms with Crippen molar-refractivity contribution >= 4 is 11.9 Å². The highest BCUT2D eigenvalue weighted by Gasteiger charge is 2.29. The molecule has 1 aliphatic carbocycles. The molecule has 19 heavy (non-hydrogen) atoms. The van der Waals surface area contributed by atoms with Gasteiger partial charge in [0.05, 0.1) is 12.1 Å². The maximum Gasteiger partial charge on any atom is 0.306 e. The van der Waals surface area contributed by atoms with Crippen molar-refractivity contribution in [2.75, 3.05) is 0 Å². The Kier molecular flexibility index (Phi) is 4.19. The summed E-state index contributed by atoms with van der Waals surface area (Å²) in [5, 5.41) is 18.5. The number of carbonyl (C=O) groups excluding carboxylic acids is 1. The monoisotopic (exact) mass is 265 g/mol. The first kappa shape index (κ1) is 13.6. The van der Waals surface area contributed by atoms with Gasteiger partial charge in [0, 0.05) is 23.7 Å². The largest absolute Gasteiger partial charge is 0.481 e. The lowest BCUT2D eigenvalue weighted by Gasteiger charge is -2.25. The molecule has 1 amide bonds. The predicted octanol–water partition coefficient (Wildman–Crippen LogP) is 1.23. The Morgan fingerprint density at radius 2 is 2.00 bits per heavy atom. The van der Waals surface area contributed by atoms with Gasteiger partial charge in [-0.3, -0.25) is 14.7 Å². The average molecular weight is 265 g/mol. The summed E-state index contributed by atoms with van der Waals surface area (Å²) in [6, 6.07) is 0. The summed E-state index contributed by atoms with van der Waals surface area (Å²) >= 11 is 0. The quantitative estimate of drug-likeness (QED) is 0.763. The Balaban J connectivity index is 1.79. The summed E-state index contributed by atoms with van der Waals surface area (Å²) in [6.45, 7) is 2.38. The SMILES string of the molecule is Cc1[nH]ncc1CNC(=O)C1CCC(C(=O)O)CC1. The van der Waals surface area contributed by atoms with E-state index in [1.165, 1.54) is 0 Å². The van der Waals surface area contributed by atoms with Crippen LogP contribution in [0.4, 0.5) is 0 Å². The van der Waals surface area contributed by atoms with Crippen LogP contribution in [0.1, 0.15) is 36.9 Å². The van der Waals surface area contributed by atoms with Crippen molar-refractivity contribution in [1.82, 2.24) is 15.5 Å². The van der Waals surface area contributed by atoms with Crippen LogP contribution in [0, 0.1) is 18.8 Å². The standard InChI is InChI=1S/C13H19N3O3/c1-8-11(7-15-16-8)6-14-12(17)9-2-4-10(5-3-9)13(18)19/h7,9-10H,2-6H2,1H3,(H,14,17)(H,15,16)(H,18,19). The summed E-state index contributed by atoms with van der Waals surface area (Å²) in [7, 11) is 0. The molecule has 0 aromatic carbocycles. The highest BCUT2D eigenvalue weighted by atomic mass is 16.4. The molecule has 0 aliphatic heterocycles. The lowest BCUT2D eigenvalue weighted by molar-refractivity contribution is -0.144. The van der Waals surface area contributed by atoms with Gasteiger partial charge in [0.1, 0.15) is 0 Å². The molecule has 1 aromatic rings. The number of aromatic nitrogens is 2. The molecular formula is C13H19N3O3. The molecule has 6 heteroatoms. The highest BCUT2D eigenvalue weighted by molar-refractivity contribution is 5.79. The van der Waals surface area contributed by atoms with Gasteiger partial charge in [-0.1, -0.05) is 0 Å². The van der Waals surface area contributed by atoms with E-state index in [-0.39, 0.29) is 17.7 Å². The number of rotatable bonds is 4. The Morgan fingerprint density at radius 3 is 2.53 bits per heavy atom. The zero-order valence-electron chi connectivity index (χ0n) is 11.0. The van der Waals surface area contributed by atoms with Crippen molar-refractivity contribution in [3.05, 3.63) is 17.5 Å². The molecule has 104 valence electrons. The Labute approximate surface area is 111 Å². The van der Waals surface area contributed by atoms with E-state index in [1.54, 1.807) is 6.20 Å². The van der Waals surface area contributed by atoms with Crippen molar-refractivity contribution in [1.29, 1.82) is 0 Å². The van der Waals surface area contributed by atoms with Crippen molar-refractivity contribution in [3.8, 4) is 0 Å². The molecule has 1 aliphatic rings. The molecule has 1 saturated carbocycles. The van der Waals surface area contributed by atoms with Gasteiger partial charge in [0.25, 0.3) is 0 Å². The molecule has 6 nitrogen and oxygen atoms in total. The van der Waals surface area contributed by atoms with Gasteiger partial charge >= 0.3 is 5.97 Å². The zero-order valence-corrected chi connectivity index (χ0v) is 11.0. The highest BCUT2D eigenvalue weighted by Crippen LogP contribution is 2.29. The number of nitrogens with zero attached hydrogens (tertiary/aromatic N) is 1. The Morgan fingerprint density at radius 1 is 1.37 bits per heavy atom. The van der Waals surface area contributed by atoms with Crippen LogP contribution in [0.15, 0.2) is 6.20 Å². The zero-order chi connectivity index (χ0) is 13.8. The average Bonchev–Trinajstić information content (AvgIpc) is 2.81. The first-order valence-corrected chi connectivity index (χ1v) is 6.57. The van der Waals surface area contributed by atoms with Crippen LogP contribution >= 0.6 is 0 Å². The van der Waals surface area contributed by atoms with Crippen molar-refractivity contribution in [2.24, 2.45) is 11.8 Å². The fraction of sp³-hybridized carbons (Fsp3) is 0.615. The number of amides is 1. The number of hydrogen-bond donors (Lipinski definition) is 3. The van der Waals surface area contributed by atoms with Crippen LogP contribution in [-0.2, 0) is 16.1 Å². The Bertz CT molecular complexity index is 461. The molecule has 1 fully saturated rings. The molecule has 0 radical (unpaired) electrons. The minimum atomic E-state index is -0.743. The van der Waals surface area contributed by atoms with Gasteiger partial charge in [-0.2, -0.15) is 5.10 Å². The van der Waals surface area contributed by atoms with Crippen LogP contribution in [0.2, 0.25) is 0 Å². The minimum absolute atomic E-state index is 0.0180. The predicted molar refractivity (Wildman–Crippen MR) is 68.3 cm³/mol. The topological polar surface area (TPSA) is 95.1 Å². The number of aromatic amines is 1. The third kappa shape index (κ3) is 3.33. The van der Waals surface area contributed by atoms with Gasteiger partial charge < -0.3 is 10.4 Å². The van der Waals surface area contributed by atoms with Gasteiger partial charge in [-0.25, -0.2) is 0 Å². The third-order valence-corrected chi connectivity index (χ3v) is 3.83. The summed E-state index contributed by atoms with van der Waals surface area (Å²) in [5.74, 6) is -1.06. The van der Waals surface area contributed by atoms with Crippen LogP contribution in [0.5, 0.6) is 0 Å². The second-order valence-electron chi connectivity index (χ2n) is 5.12. The number of carbonyl (C=O) groups is 2. The van der Waals surface area contributed by atoms with Crippen molar-refractivity contribution in [2.45, 2.75) is 39.2 Å². The Hall–Kier alpha value is -1.85. The maximum atomic E-state index is 12.0. The first-order valence-electron chi connectivity index (χ1n) is 6.57. The number of H-pyrrole nitrogens is 1. The van der Waals surface area contributed by atoms with Gasteiger partial charge in [-0.05, 0) is 32.6 Å². The summed E-state index contributed by atoms with van der Waals surface area (Å²) in [4.78, 5) is 22.8. The lowest BCUT2D eigenvalue weighted by atomic mass is 9.81. The summed E-state index contributed by atoms with van der Waals surface area (Å²) in [5.41, 5.74) is 1.93. The maximum absolute atomic E-state index is 12.0. The van der Waals surface area contributed by atoms with Gasteiger partial charge in [0.2, 0.25) is 5.91 Å². The van der Waals surface area contributed by atoms with E-state index in [0.717, 1.165) is 11.3 Å². The molecule has 0 bridgehead atoms. The van der Waals surface area contributed by atoms with E-state index in [1.807, 2.05) is 6.92 Å². The molecular weight excluding hydrogens is 246 g/mol. The molecule has 0 atom stereocenters. The molecule has 1 heterocycles. The van der Waals surface area contributed by atoms with Gasteiger partial charge in [-0.15, -0.1) is 0 Å².